The van der Waals surface area contributed by atoms with E-state index < -0.39 is 12.2 Å². The lowest BCUT2D eigenvalue weighted by Crippen LogP contribution is -2.44. The van der Waals surface area contributed by atoms with Gasteiger partial charge in [0.15, 0.2) is 0 Å². The fraction of sp³-hybridized carbons (Fsp3) is 0.500. The number of alkyl halides is 2. The third-order valence-corrected chi connectivity index (χ3v) is 2.93. The van der Waals surface area contributed by atoms with Crippen molar-refractivity contribution >= 4 is 0 Å². The first-order valence-corrected chi connectivity index (χ1v) is 5.52. The van der Waals surface area contributed by atoms with Crippen LogP contribution in [-0.4, -0.2) is 19.8 Å². The average Bonchev–Trinajstić information content (AvgIpc) is 2.30. The van der Waals surface area contributed by atoms with Crippen molar-refractivity contribution in [2.24, 2.45) is 5.73 Å². The molecular formula is C12H15F2NO2. The first-order valence-electron chi connectivity index (χ1n) is 5.52. The van der Waals surface area contributed by atoms with Gasteiger partial charge in [0.1, 0.15) is 5.75 Å². The first kappa shape index (κ1) is 12.3. The molecule has 0 aromatic heterocycles. The second kappa shape index (κ2) is 4.98. The van der Waals surface area contributed by atoms with E-state index in [-0.39, 0.29) is 5.75 Å². The lowest BCUT2D eigenvalue weighted by atomic mass is 9.86. The van der Waals surface area contributed by atoms with Crippen LogP contribution < -0.4 is 10.5 Å². The van der Waals surface area contributed by atoms with Gasteiger partial charge in [-0.3, -0.25) is 0 Å². The maximum absolute atomic E-state index is 12.0. The van der Waals surface area contributed by atoms with Gasteiger partial charge in [-0.05, 0) is 30.5 Å². The van der Waals surface area contributed by atoms with Gasteiger partial charge in [-0.2, -0.15) is 8.78 Å². The summed E-state index contributed by atoms with van der Waals surface area (Å²) in [4.78, 5) is 0. The minimum atomic E-state index is -2.80. The average molecular weight is 243 g/mol. The van der Waals surface area contributed by atoms with Gasteiger partial charge in [0.05, 0.1) is 12.1 Å². The molecular weight excluding hydrogens is 228 g/mol. The van der Waals surface area contributed by atoms with Crippen LogP contribution in [0.1, 0.15) is 18.4 Å². The quantitative estimate of drug-likeness (QED) is 0.885. The Morgan fingerprint density at radius 2 is 2.00 bits per heavy atom. The molecule has 0 saturated carbocycles. The third kappa shape index (κ3) is 2.92. The minimum Gasteiger partial charge on any atom is -0.435 e. The van der Waals surface area contributed by atoms with E-state index >= 15 is 0 Å². The fourth-order valence-electron chi connectivity index (χ4n) is 2.01. The van der Waals surface area contributed by atoms with E-state index in [4.69, 9.17) is 10.5 Å². The van der Waals surface area contributed by atoms with Gasteiger partial charge >= 0.3 is 6.61 Å². The monoisotopic (exact) mass is 243 g/mol. The topological polar surface area (TPSA) is 44.5 Å². The van der Waals surface area contributed by atoms with Crippen molar-refractivity contribution in [1.29, 1.82) is 0 Å². The molecule has 1 aliphatic rings. The van der Waals surface area contributed by atoms with Crippen LogP contribution in [0.5, 0.6) is 5.75 Å². The van der Waals surface area contributed by atoms with Crippen LogP contribution in [0.15, 0.2) is 24.3 Å². The van der Waals surface area contributed by atoms with Crippen molar-refractivity contribution < 1.29 is 18.3 Å². The number of benzene rings is 1. The molecule has 1 aliphatic heterocycles. The van der Waals surface area contributed by atoms with Crippen molar-refractivity contribution in [3.8, 4) is 5.75 Å². The van der Waals surface area contributed by atoms with Gasteiger partial charge in [0.25, 0.3) is 0 Å². The molecule has 0 bridgehead atoms. The highest BCUT2D eigenvalue weighted by Gasteiger charge is 2.30. The predicted molar refractivity (Wildman–Crippen MR) is 59.0 cm³/mol. The zero-order valence-corrected chi connectivity index (χ0v) is 9.36. The van der Waals surface area contributed by atoms with Crippen molar-refractivity contribution in [1.82, 2.24) is 0 Å². The zero-order chi connectivity index (χ0) is 12.3. The molecule has 94 valence electrons. The van der Waals surface area contributed by atoms with E-state index in [1.807, 2.05) is 0 Å². The molecule has 0 spiro atoms. The summed E-state index contributed by atoms with van der Waals surface area (Å²) in [6.45, 7) is -1.61. The van der Waals surface area contributed by atoms with E-state index in [2.05, 4.69) is 4.74 Å². The first-order chi connectivity index (χ1) is 8.10. The summed E-state index contributed by atoms with van der Waals surface area (Å²) in [5, 5.41) is 0. The Morgan fingerprint density at radius 3 is 2.53 bits per heavy atom. The summed E-state index contributed by atoms with van der Waals surface area (Å²) in [5.41, 5.74) is 6.59. The molecule has 17 heavy (non-hydrogen) atoms. The van der Waals surface area contributed by atoms with Gasteiger partial charge in [0.2, 0.25) is 0 Å². The summed E-state index contributed by atoms with van der Waals surface area (Å²) in [6, 6.07) is 6.44. The second-order valence-electron chi connectivity index (χ2n) is 4.22. The number of rotatable bonds is 3. The number of halogens is 2. The Bertz CT molecular complexity index is 361. The molecule has 2 rings (SSSR count). The lowest BCUT2D eigenvalue weighted by molar-refractivity contribution is -0.0498. The Morgan fingerprint density at radius 1 is 1.29 bits per heavy atom. The summed E-state index contributed by atoms with van der Waals surface area (Å²) in [7, 11) is 0. The molecule has 1 heterocycles. The van der Waals surface area contributed by atoms with Crippen LogP contribution in [0.3, 0.4) is 0 Å². The Hall–Kier alpha value is -1.20. The minimum absolute atomic E-state index is 0.143. The molecule has 1 saturated heterocycles. The Labute approximate surface area is 98.5 Å². The molecule has 2 N–H and O–H groups in total. The number of hydrogen-bond acceptors (Lipinski definition) is 3. The van der Waals surface area contributed by atoms with E-state index in [0.29, 0.717) is 6.61 Å². The van der Waals surface area contributed by atoms with Gasteiger partial charge in [-0.25, -0.2) is 0 Å². The van der Waals surface area contributed by atoms with Crippen LogP contribution in [0.4, 0.5) is 8.78 Å². The Balaban J connectivity index is 2.11. The van der Waals surface area contributed by atoms with Gasteiger partial charge < -0.3 is 15.2 Å². The van der Waals surface area contributed by atoms with E-state index in [1.165, 1.54) is 12.1 Å². The van der Waals surface area contributed by atoms with Gasteiger partial charge in [-0.15, -0.1) is 0 Å². The summed E-state index contributed by atoms with van der Waals surface area (Å²) < 4.78 is 33.6. The number of nitrogens with two attached hydrogens (primary N) is 1. The normalized spacial score (nSPS) is 24.9. The van der Waals surface area contributed by atoms with Crippen molar-refractivity contribution in [3.05, 3.63) is 29.8 Å². The smallest absolute Gasteiger partial charge is 0.387 e. The third-order valence-electron chi connectivity index (χ3n) is 2.93. The molecule has 3 nitrogen and oxygen atoms in total. The standard InChI is InChI=1S/C12H15F2NO2/c13-11(14)17-10-4-2-9(3-5-10)12(15)6-1-7-16-8-12/h2-5,11H,1,6-8,15H2. The zero-order valence-electron chi connectivity index (χ0n) is 9.36. The van der Waals surface area contributed by atoms with Crippen LogP contribution in [0, 0.1) is 0 Å². The van der Waals surface area contributed by atoms with Crippen LogP contribution >= 0.6 is 0 Å². The van der Waals surface area contributed by atoms with E-state index in [9.17, 15) is 8.78 Å². The van der Waals surface area contributed by atoms with Crippen molar-refractivity contribution in [2.45, 2.75) is 25.0 Å². The van der Waals surface area contributed by atoms with Crippen LogP contribution in [-0.2, 0) is 10.3 Å². The Kier molecular flexibility index (Phi) is 3.59. The molecule has 0 amide bonds. The summed E-state index contributed by atoms with van der Waals surface area (Å²) >= 11 is 0. The lowest BCUT2D eigenvalue weighted by Gasteiger charge is -2.33. The van der Waals surface area contributed by atoms with Crippen LogP contribution in [0.25, 0.3) is 0 Å². The molecule has 1 aromatic rings. The predicted octanol–water partition coefficient (Wildman–Crippen LogP) is 2.25. The maximum atomic E-state index is 12.0. The van der Waals surface area contributed by atoms with Crippen molar-refractivity contribution in [2.75, 3.05) is 13.2 Å². The van der Waals surface area contributed by atoms with Crippen molar-refractivity contribution in [3.63, 3.8) is 0 Å². The largest absolute Gasteiger partial charge is 0.435 e. The SMILES string of the molecule is NC1(c2ccc(OC(F)F)cc2)CCCOC1. The molecule has 1 atom stereocenters. The van der Waals surface area contributed by atoms with Gasteiger partial charge in [-0.1, -0.05) is 12.1 Å². The molecule has 5 heteroatoms. The number of hydrogen-bond donors (Lipinski definition) is 1. The molecule has 1 aromatic carbocycles. The molecule has 0 aliphatic carbocycles. The van der Waals surface area contributed by atoms with E-state index in [1.54, 1.807) is 12.1 Å². The second-order valence-corrected chi connectivity index (χ2v) is 4.22. The highest BCUT2D eigenvalue weighted by molar-refractivity contribution is 5.32. The molecule has 1 fully saturated rings. The highest BCUT2D eigenvalue weighted by Crippen LogP contribution is 2.29. The molecule has 0 radical (unpaired) electrons. The summed E-state index contributed by atoms with van der Waals surface area (Å²) in [5.74, 6) is 0.143. The maximum Gasteiger partial charge on any atom is 0.387 e. The van der Waals surface area contributed by atoms with Crippen LogP contribution in [0.2, 0.25) is 0 Å². The fourth-order valence-corrected chi connectivity index (χ4v) is 2.01. The van der Waals surface area contributed by atoms with E-state index in [0.717, 1.165) is 25.0 Å². The summed E-state index contributed by atoms with van der Waals surface area (Å²) in [6.07, 6.45) is 1.74. The highest BCUT2D eigenvalue weighted by atomic mass is 19.3. The number of ether oxygens (including phenoxy) is 2. The molecule has 1 unspecified atom stereocenters. The van der Waals surface area contributed by atoms with Gasteiger partial charge in [0, 0.05) is 6.61 Å².